The molecule has 0 saturated heterocycles. The molecule has 2 rings (SSSR count). The molecule has 0 aliphatic carbocycles. The van der Waals surface area contributed by atoms with Gasteiger partial charge in [-0.3, -0.25) is 4.79 Å². The Bertz CT molecular complexity index is 567. The highest BCUT2D eigenvalue weighted by Gasteiger charge is 2.16. The number of hydrogen-bond donors (Lipinski definition) is 2. The molecule has 1 amide bonds. The first kappa shape index (κ1) is 16.2. The Morgan fingerprint density at radius 3 is 3.00 bits per heavy atom. The maximum atomic E-state index is 11.6. The summed E-state index contributed by atoms with van der Waals surface area (Å²) in [6.07, 6.45) is 7.11. The largest absolute Gasteiger partial charge is 0.485 e. The first-order chi connectivity index (χ1) is 10.7. The molecule has 1 heterocycles. The van der Waals surface area contributed by atoms with Gasteiger partial charge in [0.2, 0.25) is 5.91 Å². The van der Waals surface area contributed by atoms with Crippen LogP contribution in [0.4, 0.5) is 0 Å². The van der Waals surface area contributed by atoms with Crippen LogP contribution in [0.25, 0.3) is 6.08 Å². The molecule has 0 aromatic heterocycles. The molecule has 0 unspecified atom stereocenters. The summed E-state index contributed by atoms with van der Waals surface area (Å²) in [5.74, 6) is 0.826. The number of amides is 1. The summed E-state index contributed by atoms with van der Waals surface area (Å²) < 4.78 is 5.82. The fourth-order valence-electron chi connectivity index (χ4n) is 2.28. The van der Waals surface area contributed by atoms with E-state index in [4.69, 9.17) is 4.74 Å². The van der Waals surface area contributed by atoms with Crippen LogP contribution in [0.2, 0.25) is 0 Å². The summed E-state index contributed by atoms with van der Waals surface area (Å²) >= 11 is 0. The number of hydrazone groups is 1. The van der Waals surface area contributed by atoms with Crippen LogP contribution in [-0.2, 0) is 4.79 Å². The highest BCUT2D eigenvalue weighted by atomic mass is 16.5. The quantitative estimate of drug-likeness (QED) is 0.457. The van der Waals surface area contributed by atoms with E-state index >= 15 is 0 Å². The van der Waals surface area contributed by atoms with Crippen LogP contribution in [0.15, 0.2) is 34.9 Å². The lowest BCUT2D eigenvalue weighted by atomic mass is 10.0. The number of unbranched alkanes of at least 4 members (excludes halogenated alkanes) is 2. The molecule has 1 aliphatic heterocycles. The highest BCUT2D eigenvalue weighted by molar-refractivity contribution is 5.89. The summed E-state index contributed by atoms with van der Waals surface area (Å²) in [7, 11) is 0. The monoisotopic (exact) mass is 302 g/mol. The minimum Gasteiger partial charge on any atom is -0.485 e. The molecule has 22 heavy (non-hydrogen) atoms. The van der Waals surface area contributed by atoms with Crippen LogP contribution >= 0.6 is 0 Å². The zero-order valence-corrected chi connectivity index (χ0v) is 13.0. The number of carbonyl (C=O) groups is 1. The third-order valence-electron chi connectivity index (χ3n) is 3.57. The molecule has 0 radical (unpaired) electrons. The number of benzene rings is 1. The molecule has 1 aromatic carbocycles. The van der Waals surface area contributed by atoms with E-state index in [-0.39, 0.29) is 12.0 Å². The van der Waals surface area contributed by atoms with Gasteiger partial charge in [0, 0.05) is 17.6 Å². The van der Waals surface area contributed by atoms with Crippen molar-refractivity contribution in [1.82, 2.24) is 5.43 Å². The van der Waals surface area contributed by atoms with E-state index in [0.717, 1.165) is 42.7 Å². The zero-order chi connectivity index (χ0) is 15.8. The third-order valence-corrected chi connectivity index (χ3v) is 3.57. The molecule has 1 atom stereocenters. The van der Waals surface area contributed by atoms with Crippen LogP contribution < -0.4 is 15.9 Å². The number of fused-ring (bicyclic) bond motifs is 1. The van der Waals surface area contributed by atoms with E-state index in [0.29, 0.717) is 6.42 Å². The number of nitrogens with zero attached hydrogens (tertiary/aromatic N) is 1. The first-order valence-corrected chi connectivity index (χ1v) is 7.79. The maximum absolute atomic E-state index is 11.6. The predicted octanol–water partition coefficient (Wildman–Crippen LogP) is 1.76. The topological polar surface area (TPSA) is 78.3 Å². The smallest absolute Gasteiger partial charge is 0.240 e. The number of rotatable bonds is 7. The number of ether oxygens (including phenoxy) is 1. The van der Waals surface area contributed by atoms with Crippen molar-refractivity contribution in [2.45, 2.75) is 38.7 Å². The molecule has 118 valence electrons. The van der Waals surface area contributed by atoms with Crippen molar-refractivity contribution >= 4 is 18.2 Å². The van der Waals surface area contributed by atoms with Gasteiger partial charge in [-0.2, -0.15) is 5.10 Å². The van der Waals surface area contributed by atoms with Gasteiger partial charge in [-0.25, -0.2) is 5.43 Å². The van der Waals surface area contributed by atoms with Gasteiger partial charge in [0.05, 0.1) is 12.8 Å². The van der Waals surface area contributed by atoms with Crippen molar-refractivity contribution in [2.24, 2.45) is 5.10 Å². The minimum absolute atomic E-state index is 0.0503. The van der Waals surface area contributed by atoms with Crippen molar-refractivity contribution < 1.29 is 15.3 Å². The Labute approximate surface area is 131 Å². The van der Waals surface area contributed by atoms with E-state index in [1.54, 1.807) is 6.21 Å². The average molecular weight is 302 g/mol. The van der Waals surface area contributed by atoms with Crippen molar-refractivity contribution in [2.75, 3.05) is 6.54 Å². The molecular weight excluding hydrogens is 278 g/mol. The van der Waals surface area contributed by atoms with Gasteiger partial charge in [0.25, 0.3) is 0 Å². The Hall–Kier alpha value is -2.14. The summed E-state index contributed by atoms with van der Waals surface area (Å²) in [5.41, 5.74) is 8.32. The molecule has 1 aliphatic rings. The molecule has 0 bridgehead atoms. The summed E-state index contributed by atoms with van der Waals surface area (Å²) in [6.45, 7) is 2.89. The molecule has 0 fully saturated rings. The second kappa shape index (κ2) is 8.34. The minimum atomic E-state index is -0.0763. The van der Waals surface area contributed by atoms with Crippen molar-refractivity contribution in [1.29, 1.82) is 0 Å². The number of para-hydroxylation sites is 1. The maximum Gasteiger partial charge on any atom is 0.240 e. The molecule has 1 aromatic rings. The fraction of sp³-hybridized carbons (Fsp3) is 0.412. The van der Waals surface area contributed by atoms with Crippen LogP contribution in [0.5, 0.6) is 5.75 Å². The first-order valence-electron chi connectivity index (χ1n) is 7.79. The second-order valence-corrected chi connectivity index (χ2v) is 5.40. The van der Waals surface area contributed by atoms with E-state index in [2.05, 4.69) is 16.3 Å². The normalized spacial score (nSPS) is 16.8. The van der Waals surface area contributed by atoms with Gasteiger partial charge in [-0.1, -0.05) is 18.2 Å². The molecular formula is C17H24N3O2+. The van der Waals surface area contributed by atoms with Crippen LogP contribution in [0.1, 0.15) is 38.2 Å². The zero-order valence-electron chi connectivity index (χ0n) is 13.0. The molecule has 5 nitrogen and oxygen atoms in total. The number of nitrogens with one attached hydrogen (secondary N) is 1. The van der Waals surface area contributed by atoms with Gasteiger partial charge in [-0.05, 0) is 38.3 Å². The number of quaternary nitrogens is 1. The van der Waals surface area contributed by atoms with Gasteiger partial charge in [0.1, 0.15) is 11.9 Å². The Balaban J connectivity index is 1.85. The summed E-state index contributed by atoms with van der Waals surface area (Å²) in [4.78, 5) is 11.6. The van der Waals surface area contributed by atoms with E-state index in [1.807, 2.05) is 37.3 Å². The third kappa shape index (κ3) is 4.70. The molecule has 0 saturated carbocycles. The predicted molar refractivity (Wildman–Crippen MR) is 87.4 cm³/mol. The average Bonchev–Trinajstić information content (AvgIpc) is 2.52. The van der Waals surface area contributed by atoms with Gasteiger partial charge >= 0.3 is 0 Å². The second-order valence-electron chi connectivity index (χ2n) is 5.40. The standard InChI is InChI=1S/C17H23N3O2/c1-13-15(11-14-7-4-5-8-16(14)22-13)12-19-20-17(21)9-3-2-6-10-18/h4-5,7-8,11-13H,2-3,6,9-10,18H2,1H3,(H,20,21)/p+1/b19-12-/t13-/m0/s1. The van der Waals surface area contributed by atoms with Crippen molar-refractivity contribution in [3.63, 3.8) is 0 Å². The summed E-state index contributed by atoms with van der Waals surface area (Å²) in [5, 5.41) is 4.03. The Morgan fingerprint density at radius 1 is 1.36 bits per heavy atom. The van der Waals surface area contributed by atoms with E-state index < -0.39 is 0 Å². The van der Waals surface area contributed by atoms with E-state index in [1.165, 1.54) is 0 Å². The molecule has 0 spiro atoms. The van der Waals surface area contributed by atoms with Crippen molar-refractivity contribution in [3.8, 4) is 5.75 Å². The SMILES string of the molecule is C[C@@H]1Oc2ccccc2C=C1/C=N\NC(=O)CCCCC[NH3+]. The highest BCUT2D eigenvalue weighted by Crippen LogP contribution is 2.28. The van der Waals surface area contributed by atoms with Crippen LogP contribution in [0.3, 0.4) is 0 Å². The lowest BCUT2D eigenvalue weighted by Crippen LogP contribution is -2.50. The van der Waals surface area contributed by atoms with Gasteiger partial charge in [-0.15, -0.1) is 0 Å². The number of hydrogen-bond acceptors (Lipinski definition) is 3. The van der Waals surface area contributed by atoms with Gasteiger partial charge < -0.3 is 10.5 Å². The van der Waals surface area contributed by atoms with Crippen LogP contribution in [-0.4, -0.2) is 24.8 Å². The Kier molecular flexibility index (Phi) is 6.15. The molecule has 4 N–H and O–H groups in total. The lowest BCUT2D eigenvalue weighted by molar-refractivity contribution is -0.368. The number of carbonyl (C=O) groups excluding carboxylic acids is 1. The summed E-state index contributed by atoms with van der Waals surface area (Å²) in [6, 6.07) is 7.87. The fourth-order valence-corrected chi connectivity index (χ4v) is 2.28. The van der Waals surface area contributed by atoms with E-state index in [9.17, 15) is 4.79 Å². The van der Waals surface area contributed by atoms with Crippen LogP contribution in [0, 0.1) is 0 Å². The van der Waals surface area contributed by atoms with Crippen molar-refractivity contribution in [3.05, 3.63) is 35.4 Å². The lowest BCUT2D eigenvalue weighted by Gasteiger charge is -2.22. The molecule has 5 heteroatoms. The van der Waals surface area contributed by atoms with Gasteiger partial charge in [0.15, 0.2) is 0 Å². The Morgan fingerprint density at radius 2 is 2.18 bits per heavy atom.